The van der Waals surface area contributed by atoms with Crippen molar-refractivity contribution in [1.82, 2.24) is 9.55 Å². The van der Waals surface area contributed by atoms with Gasteiger partial charge in [-0.25, -0.2) is 4.39 Å². The first kappa shape index (κ1) is 18.0. The Hall–Kier alpha value is -2.32. The van der Waals surface area contributed by atoms with Crippen molar-refractivity contribution in [1.29, 1.82) is 0 Å². The lowest BCUT2D eigenvalue weighted by Crippen LogP contribution is -2.08. The SMILES string of the molecule is CCC(CC)n1cc(O)nc1-c1cc(C#C[C@@H](C)O)c(F)cc1C. The van der Waals surface area contributed by atoms with E-state index in [0.717, 1.165) is 18.4 Å². The molecule has 1 aromatic heterocycles. The fourth-order valence-electron chi connectivity index (χ4n) is 2.73. The quantitative estimate of drug-likeness (QED) is 0.839. The number of aliphatic hydroxyl groups excluding tert-OH is 1. The third kappa shape index (κ3) is 3.77. The highest BCUT2D eigenvalue weighted by atomic mass is 19.1. The van der Waals surface area contributed by atoms with Crippen LogP contribution in [0, 0.1) is 24.6 Å². The summed E-state index contributed by atoms with van der Waals surface area (Å²) in [6, 6.07) is 3.23. The molecule has 5 heteroatoms. The normalized spacial score (nSPS) is 12.1. The summed E-state index contributed by atoms with van der Waals surface area (Å²) in [6.45, 7) is 7.48. The van der Waals surface area contributed by atoms with Crippen molar-refractivity contribution in [2.45, 2.75) is 52.7 Å². The molecular weight excluding hydrogens is 307 g/mol. The number of benzene rings is 1. The molecule has 0 amide bonds. The summed E-state index contributed by atoms with van der Waals surface area (Å²) in [5.41, 5.74) is 1.64. The highest BCUT2D eigenvalue weighted by Gasteiger charge is 2.18. The van der Waals surface area contributed by atoms with Crippen LogP contribution in [0.5, 0.6) is 5.88 Å². The Morgan fingerprint density at radius 2 is 1.96 bits per heavy atom. The molecule has 0 aliphatic carbocycles. The number of aryl methyl sites for hydroxylation is 1. The zero-order valence-corrected chi connectivity index (χ0v) is 14.5. The van der Waals surface area contributed by atoms with Crippen molar-refractivity contribution in [2.75, 3.05) is 0 Å². The van der Waals surface area contributed by atoms with Gasteiger partial charge in [0.05, 0.1) is 11.8 Å². The molecule has 1 heterocycles. The van der Waals surface area contributed by atoms with Crippen LogP contribution < -0.4 is 0 Å². The lowest BCUT2D eigenvalue weighted by Gasteiger charge is -2.18. The molecule has 0 spiro atoms. The molecule has 4 nitrogen and oxygen atoms in total. The maximum Gasteiger partial charge on any atom is 0.229 e. The molecule has 2 rings (SSSR count). The molecule has 0 aliphatic heterocycles. The zero-order valence-electron chi connectivity index (χ0n) is 14.5. The minimum atomic E-state index is -0.829. The van der Waals surface area contributed by atoms with E-state index in [1.54, 1.807) is 19.2 Å². The topological polar surface area (TPSA) is 58.3 Å². The van der Waals surface area contributed by atoms with Gasteiger partial charge >= 0.3 is 0 Å². The number of hydrogen-bond acceptors (Lipinski definition) is 3. The van der Waals surface area contributed by atoms with Gasteiger partial charge in [0, 0.05) is 11.6 Å². The lowest BCUT2D eigenvalue weighted by molar-refractivity contribution is 0.253. The summed E-state index contributed by atoms with van der Waals surface area (Å²) < 4.78 is 16.1. The van der Waals surface area contributed by atoms with Crippen molar-refractivity contribution in [3.8, 4) is 29.1 Å². The molecule has 0 radical (unpaired) electrons. The van der Waals surface area contributed by atoms with Gasteiger partial charge in [-0.3, -0.25) is 0 Å². The fraction of sp³-hybridized carbons (Fsp3) is 0.421. The van der Waals surface area contributed by atoms with E-state index in [-0.39, 0.29) is 17.5 Å². The Kier molecular flexibility index (Phi) is 5.63. The van der Waals surface area contributed by atoms with Gasteiger partial charge in [-0.1, -0.05) is 25.7 Å². The molecular formula is C19H23FN2O2. The van der Waals surface area contributed by atoms with E-state index in [9.17, 15) is 14.6 Å². The molecule has 1 atom stereocenters. The first-order valence-corrected chi connectivity index (χ1v) is 8.15. The largest absolute Gasteiger partial charge is 0.492 e. The summed E-state index contributed by atoms with van der Waals surface area (Å²) in [5, 5.41) is 19.1. The number of halogens is 1. The molecule has 2 N–H and O–H groups in total. The van der Waals surface area contributed by atoms with Crippen molar-refractivity contribution in [2.24, 2.45) is 0 Å². The van der Waals surface area contributed by atoms with Gasteiger partial charge in [-0.2, -0.15) is 4.98 Å². The van der Waals surface area contributed by atoms with Gasteiger partial charge in [0.25, 0.3) is 0 Å². The Bertz CT molecular complexity index is 781. The maximum absolute atomic E-state index is 14.1. The second kappa shape index (κ2) is 7.50. The van der Waals surface area contributed by atoms with E-state index in [1.807, 2.05) is 4.57 Å². The number of imidazole rings is 1. The van der Waals surface area contributed by atoms with Gasteiger partial charge in [-0.05, 0) is 44.4 Å². The van der Waals surface area contributed by atoms with E-state index in [4.69, 9.17) is 0 Å². The smallest absolute Gasteiger partial charge is 0.229 e. The molecule has 0 bridgehead atoms. The van der Waals surface area contributed by atoms with E-state index in [2.05, 4.69) is 30.7 Å². The molecule has 0 saturated carbocycles. The second-order valence-electron chi connectivity index (χ2n) is 5.89. The highest BCUT2D eigenvalue weighted by molar-refractivity contribution is 5.64. The summed E-state index contributed by atoms with van der Waals surface area (Å²) >= 11 is 0. The molecule has 0 aliphatic rings. The molecule has 0 fully saturated rings. The average molecular weight is 330 g/mol. The Morgan fingerprint density at radius 1 is 1.29 bits per heavy atom. The van der Waals surface area contributed by atoms with Crippen molar-refractivity contribution < 1.29 is 14.6 Å². The van der Waals surface area contributed by atoms with Crippen LogP contribution in [0.3, 0.4) is 0 Å². The summed E-state index contributed by atoms with van der Waals surface area (Å²) in [7, 11) is 0. The molecule has 128 valence electrons. The van der Waals surface area contributed by atoms with Crippen LogP contribution >= 0.6 is 0 Å². The molecule has 0 saturated heterocycles. The fourth-order valence-corrected chi connectivity index (χ4v) is 2.73. The van der Waals surface area contributed by atoms with E-state index in [0.29, 0.717) is 11.4 Å². The second-order valence-corrected chi connectivity index (χ2v) is 5.89. The van der Waals surface area contributed by atoms with Gasteiger partial charge in [0.2, 0.25) is 5.88 Å². The third-order valence-corrected chi connectivity index (χ3v) is 4.03. The molecule has 0 unspecified atom stereocenters. The average Bonchev–Trinajstić information content (AvgIpc) is 2.89. The van der Waals surface area contributed by atoms with Gasteiger partial charge < -0.3 is 14.8 Å². The first-order valence-electron chi connectivity index (χ1n) is 8.15. The number of hydrogen-bond donors (Lipinski definition) is 2. The zero-order chi connectivity index (χ0) is 17.9. The number of aromatic hydroxyl groups is 1. The summed E-state index contributed by atoms with van der Waals surface area (Å²) in [6.07, 6.45) is 2.57. The minimum Gasteiger partial charge on any atom is -0.492 e. The van der Waals surface area contributed by atoms with Crippen LogP contribution in [-0.4, -0.2) is 25.9 Å². The van der Waals surface area contributed by atoms with Gasteiger partial charge in [-0.15, -0.1) is 0 Å². The number of aromatic nitrogens is 2. The molecule has 2 aromatic rings. The van der Waals surface area contributed by atoms with Crippen molar-refractivity contribution >= 4 is 0 Å². The van der Waals surface area contributed by atoms with Gasteiger partial charge in [0.1, 0.15) is 17.7 Å². The third-order valence-electron chi connectivity index (χ3n) is 4.03. The van der Waals surface area contributed by atoms with Gasteiger partial charge in [0.15, 0.2) is 0 Å². The number of nitrogens with zero attached hydrogens (tertiary/aromatic N) is 2. The highest BCUT2D eigenvalue weighted by Crippen LogP contribution is 2.31. The van der Waals surface area contributed by atoms with E-state index in [1.165, 1.54) is 13.0 Å². The van der Waals surface area contributed by atoms with Crippen LogP contribution in [0.25, 0.3) is 11.4 Å². The van der Waals surface area contributed by atoms with Crippen LogP contribution in [-0.2, 0) is 0 Å². The lowest BCUT2D eigenvalue weighted by atomic mass is 10.0. The Balaban J connectivity index is 2.61. The minimum absolute atomic E-state index is 0.0581. The number of rotatable bonds is 4. The van der Waals surface area contributed by atoms with Crippen LogP contribution in [0.4, 0.5) is 4.39 Å². The standard InChI is InChI=1S/C19H23FN2O2/c1-5-15(6-2)22-11-18(24)21-19(22)16-10-14(8-7-13(4)23)17(20)9-12(16)3/h9-11,13,15,23-24H,5-6H2,1-4H3/t13-/m1/s1. The maximum atomic E-state index is 14.1. The van der Waals surface area contributed by atoms with Crippen molar-refractivity contribution in [3.05, 3.63) is 35.3 Å². The monoisotopic (exact) mass is 330 g/mol. The molecule has 1 aromatic carbocycles. The van der Waals surface area contributed by atoms with Crippen molar-refractivity contribution in [3.63, 3.8) is 0 Å². The predicted octanol–water partition coefficient (Wildman–Crippen LogP) is 3.80. The predicted molar refractivity (Wildman–Crippen MR) is 92.2 cm³/mol. The Labute approximate surface area is 142 Å². The first-order chi connectivity index (χ1) is 11.4. The Morgan fingerprint density at radius 3 is 2.54 bits per heavy atom. The summed E-state index contributed by atoms with van der Waals surface area (Å²) in [5.74, 6) is 5.32. The van der Waals surface area contributed by atoms with E-state index >= 15 is 0 Å². The van der Waals surface area contributed by atoms with E-state index < -0.39 is 11.9 Å². The molecule has 24 heavy (non-hydrogen) atoms. The van der Waals surface area contributed by atoms with Crippen LogP contribution in [0.15, 0.2) is 18.3 Å². The van der Waals surface area contributed by atoms with Crippen LogP contribution in [0.1, 0.15) is 50.8 Å². The number of aliphatic hydroxyl groups is 1. The summed E-state index contributed by atoms with van der Waals surface area (Å²) in [4.78, 5) is 4.22. The van der Waals surface area contributed by atoms with Crippen LogP contribution in [0.2, 0.25) is 0 Å².